The maximum Gasteiger partial charge on any atom is 0.435 e. The number of hydrogen-bond donors (Lipinski definition) is 0. The fourth-order valence-corrected chi connectivity index (χ4v) is 3.19. The summed E-state index contributed by atoms with van der Waals surface area (Å²) < 4.78 is 81.3. The van der Waals surface area contributed by atoms with Gasteiger partial charge < -0.3 is 0 Å². The van der Waals surface area contributed by atoms with Crippen LogP contribution in [-0.2, 0) is 6.18 Å². The number of hydrogen-bond acceptors (Lipinski definition) is 3. The molecule has 0 saturated heterocycles. The highest BCUT2D eigenvalue weighted by molar-refractivity contribution is 6.31. The van der Waals surface area contributed by atoms with Gasteiger partial charge in [-0.05, 0) is 24.3 Å². The molecule has 1 aromatic carbocycles. The Morgan fingerprint density at radius 2 is 1.86 bits per heavy atom. The van der Waals surface area contributed by atoms with Gasteiger partial charge in [0.05, 0.1) is 16.2 Å². The Hall–Kier alpha value is -3.08. The third kappa shape index (κ3) is 3.01. The van der Waals surface area contributed by atoms with Crippen LogP contribution in [0, 0.1) is 5.82 Å². The fraction of sp³-hybridized carbons (Fsp3) is 0.118. The molecule has 3 aromatic heterocycles. The number of alkyl halides is 5. The van der Waals surface area contributed by atoms with E-state index in [2.05, 4.69) is 10.1 Å². The van der Waals surface area contributed by atoms with Crippen molar-refractivity contribution >= 4 is 33.4 Å². The molecule has 0 unspecified atom stereocenters. The van der Waals surface area contributed by atoms with Gasteiger partial charge in [0.15, 0.2) is 11.2 Å². The maximum absolute atomic E-state index is 14.1. The summed E-state index contributed by atoms with van der Waals surface area (Å²) in [5, 5.41) is 2.72. The molecular formula is C17H7ClF6N4O. The molecule has 0 saturated carbocycles. The van der Waals surface area contributed by atoms with Crippen molar-refractivity contribution in [1.29, 1.82) is 0 Å². The zero-order valence-corrected chi connectivity index (χ0v) is 14.6. The summed E-state index contributed by atoms with van der Waals surface area (Å²) >= 11 is 5.77. The van der Waals surface area contributed by atoms with Gasteiger partial charge in [-0.15, -0.1) is 0 Å². The van der Waals surface area contributed by atoms with Crippen LogP contribution >= 0.6 is 11.6 Å². The lowest BCUT2D eigenvalue weighted by atomic mass is 10.1. The highest BCUT2D eigenvalue weighted by Gasteiger charge is 2.36. The lowest BCUT2D eigenvalue weighted by Gasteiger charge is -2.16. The van der Waals surface area contributed by atoms with Crippen LogP contribution in [-0.4, -0.2) is 19.3 Å². The van der Waals surface area contributed by atoms with Gasteiger partial charge in [-0.25, -0.2) is 14.1 Å². The Labute approximate surface area is 161 Å². The minimum atomic E-state index is -4.93. The Kier molecular flexibility index (Phi) is 4.30. The number of pyridine rings is 2. The molecule has 0 aliphatic heterocycles. The molecule has 0 bridgehead atoms. The average Bonchev–Trinajstić information content (AvgIpc) is 3.10. The number of halogens is 7. The second-order valence-corrected chi connectivity index (χ2v) is 6.35. The van der Waals surface area contributed by atoms with E-state index in [9.17, 15) is 31.1 Å². The molecule has 0 atom stereocenters. The molecule has 29 heavy (non-hydrogen) atoms. The smallest absolute Gasteiger partial charge is 0.273 e. The van der Waals surface area contributed by atoms with E-state index in [-0.39, 0.29) is 21.0 Å². The first kappa shape index (κ1) is 19.2. The van der Waals surface area contributed by atoms with Crippen LogP contribution in [0.25, 0.3) is 27.5 Å². The molecule has 0 spiro atoms. The van der Waals surface area contributed by atoms with Crippen molar-refractivity contribution in [3.05, 3.63) is 63.5 Å². The Bertz CT molecular complexity index is 1330. The van der Waals surface area contributed by atoms with E-state index in [1.54, 1.807) is 0 Å². The molecule has 4 rings (SSSR count). The Morgan fingerprint density at radius 3 is 2.52 bits per heavy atom. The second kappa shape index (κ2) is 6.48. The van der Waals surface area contributed by atoms with E-state index >= 15 is 0 Å². The van der Waals surface area contributed by atoms with E-state index in [4.69, 9.17) is 11.6 Å². The highest BCUT2D eigenvalue weighted by Crippen LogP contribution is 2.35. The van der Waals surface area contributed by atoms with Gasteiger partial charge in [-0.3, -0.25) is 9.36 Å². The fourth-order valence-electron chi connectivity index (χ4n) is 3.03. The zero-order chi connectivity index (χ0) is 21.1. The molecule has 4 aromatic rings. The average molecular weight is 433 g/mol. The second-order valence-electron chi connectivity index (χ2n) is 5.94. The lowest BCUT2D eigenvalue weighted by Crippen LogP contribution is -2.23. The summed E-state index contributed by atoms with van der Waals surface area (Å²) in [5.74, 6) is -0.947. The molecular weight excluding hydrogens is 426 g/mol. The van der Waals surface area contributed by atoms with Crippen LogP contribution in [0.5, 0.6) is 0 Å². The molecule has 150 valence electrons. The minimum Gasteiger partial charge on any atom is -0.273 e. The lowest BCUT2D eigenvalue weighted by molar-refractivity contribution is -0.141. The summed E-state index contributed by atoms with van der Waals surface area (Å²) in [6.07, 6.45) is -3.23. The predicted octanol–water partition coefficient (Wildman–Crippen LogP) is 4.94. The molecule has 12 heteroatoms. The normalized spacial score (nSPS) is 12.4. The molecule has 0 aliphatic rings. The van der Waals surface area contributed by atoms with Gasteiger partial charge in [0.2, 0.25) is 0 Å². The van der Waals surface area contributed by atoms with Gasteiger partial charge >= 0.3 is 12.7 Å². The summed E-state index contributed by atoms with van der Waals surface area (Å²) in [6, 6.07) is 3.93. The zero-order valence-electron chi connectivity index (χ0n) is 13.9. The Morgan fingerprint density at radius 1 is 1.14 bits per heavy atom. The summed E-state index contributed by atoms with van der Waals surface area (Å²) in [7, 11) is 0. The summed E-state index contributed by atoms with van der Waals surface area (Å²) in [5.41, 5.74) is -3.96. The first-order chi connectivity index (χ1) is 13.6. The molecule has 0 N–H and O–H groups in total. The monoisotopic (exact) mass is 432 g/mol. The van der Waals surface area contributed by atoms with Crippen molar-refractivity contribution in [2.24, 2.45) is 0 Å². The number of nitrogens with zero attached hydrogens (tertiary/aromatic N) is 4. The molecule has 5 nitrogen and oxygen atoms in total. The first-order valence-electron chi connectivity index (χ1n) is 7.83. The van der Waals surface area contributed by atoms with Gasteiger partial charge in [-0.2, -0.15) is 27.1 Å². The largest absolute Gasteiger partial charge is 0.435 e. The number of benzene rings is 1. The maximum atomic E-state index is 14.1. The van der Waals surface area contributed by atoms with E-state index in [1.165, 1.54) is 0 Å². The van der Waals surface area contributed by atoms with Crippen LogP contribution in [0.1, 0.15) is 12.2 Å². The van der Waals surface area contributed by atoms with Crippen molar-refractivity contribution in [2.45, 2.75) is 12.7 Å². The van der Waals surface area contributed by atoms with Crippen LogP contribution in [0.4, 0.5) is 26.3 Å². The minimum absolute atomic E-state index is 0.120. The number of fused-ring (bicyclic) bond motifs is 3. The molecule has 3 heterocycles. The first-order valence-corrected chi connectivity index (χ1v) is 8.20. The van der Waals surface area contributed by atoms with Crippen molar-refractivity contribution in [2.75, 3.05) is 0 Å². The Balaban J connectivity index is 2.24. The standard InChI is InChI=1S/C17H7ClF6N4O/c18-9-5-12-7(4-10(9)19)8-6-27(16(20)21)26-13(8)15(29)28(12)11-2-1-3-25-14(11)17(22,23)24/h1-6,16H. The quantitative estimate of drug-likeness (QED) is 0.422. The molecule has 0 fully saturated rings. The third-order valence-electron chi connectivity index (χ3n) is 4.20. The van der Waals surface area contributed by atoms with Gasteiger partial charge in [-0.1, -0.05) is 11.6 Å². The van der Waals surface area contributed by atoms with E-state index < -0.39 is 46.0 Å². The van der Waals surface area contributed by atoms with E-state index in [0.717, 1.165) is 36.7 Å². The van der Waals surface area contributed by atoms with Gasteiger partial charge in [0.25, 0.3) is 5.56 Å². The van der Waals surface area contributed by atoms with Crippen LogP contribution < -0.4 is 5.56 Å². The van der Waals surface area contributed by atoms with Crippen LogP contribution in [0.3, 0.4) is 0 Å². The van der Waals surface area contributed by atoms with E-state index in [0.29, 0.717) is 4.57 Å². The van der Waals surface area contributed by atoms with Crippen molar-refractivity contribution in [1.82, 2.24) is 19.3 Å². The number of rotatable bonds is 2. The molecule has 0 aliphatic carbocycles. The summed E-state index contributed by atoms with van der Waals surface area (Å²) in [4.78, 5) is 16.3. The van der Waals surface area contributed by atoms with Gasteiger partial charge in [0, 0.05) is 23.2 Å². The SMILES string of the molecule is O=c1c2nn(C(F)F)cc2c2cc(F)c(Cl)cc2n1-c1cccnc1C(F)(F)F. The molecule has 0 amide bonds. The molecule has 0 radical (unpaired) electrons. The van der Waals surface area contributed by atoms with Crippen molar-refractivity contribution in [3.63, 3.8) is 0 Å². The van der Waals surface area contributed by atoms with Crippen molar-refractivity contribution in [3.8, 4) is 5.69 Å². The third-order valence-corrected chi connectivity index (χ3v) is 4.49. The predicted molar refractivity (Wildman–Crippen MR) is 91.9 cm³/mol. The van der Waals surface area contributed by atoms with E-state index in [1.807, 2.05) is 0 Å². The van der Waals surface area contributed by atoms with Gasteiger partial charge in [0.1, 0.15) is 5.82 Å². The highest BCUT2D eigenvalue weighted by atomic mass is 35.5. The topological polar surface area (TPSA) is 52.7 Å². The van der Waals surface area contributed by atoms with Crippen LogP contribution in [0.15, 0.2) is 41.5 Å². The van der Waals surface area contributed by atoms with Crippen molar-refractivity contribution < 1.29 is 26.3 Å². The summed E-state index contributed by atoms with van der Waals surface area (Å²) in [6.45, 7) is -3.12. The van der Waals surface area contributed by atoms with Crippen LogP contribution in [0.2, 0.25) is 5.02 Å². The number of aromatic nitrogens is 4.